The van der Waals surface area contributed by atoms with Crippen LogP contribution >= 0.6 is 0 Å². The van der Waals surface area contributed by atoms with Crippen molar-refractivity contribution < 1.29 is 0 Å². The van der Waals surface area contributed by atoms with Crippen LogP contribution in [0.1, 0.15) is 0 Å². The van der Waals surface area contributed by atoms with Crippen molar-refractivity contribution in [2.75, 3.05) is 5.32 Å². The summed E-state index contributed by atoms with van der Waals surface area (Å²) in [4.78, 5) is 4.51. The second-order valence-corrected chi connectivity index (χ2v) is 5.48. The second kappa shape index (κ2) is 5.57. The fourth-order valence-electron chi connectivity index (χ4n) is 2.68. The number of benzene rings is 2. The van der Waals surface area contributed by atoms with Gasteiger partial charge >= 0.3 is 0 Å². The Morgan fingerprint density at radius 1 is 0.957 bits per heavy atom. The molecule has 2 aromatic heterocycles. The Bertz CT molecular complexity index is 957. The molecular weight excluding hydrogens is 284 g/mol. The van der Waals surface area contributed by atoms with E-state index < -0.39 is 0 Å². The molecule has 0 spiro atoms. The van der Waals surface area contributed by atoms with E-state index in [2.05, 4.69) is 45.7 Å². The van der Waals surface area contributed by atoms with Crippen LogP contribution in [0, 0.1) is 0 Å². The summed E-state index contributed by atoms with van der Waals surface area (Å²) in [6.07, 6.45) is 5.71. The molecule has 4 heteroatoms. The van der Waals surface area contributed by atoms with E-state index in [0.717, 1.165) is 33.4 Å². The first-order chi connectivity index (χ1) is 11.3. The summed E-state index contributed by atoms with van der Waals surface area (Å²) in [5.41, 5.74) is 5.30. The second-order valence-electron chi connectivity index (χ2n) is 5.48. The molecule has 0 aliphatic rings. The standard InChI is InChI=1S/C19H16N4/c1-23-13-15(12-21-23)14-7-8-17-18(9-10-20-19(17)11-14)22-16-5-3-2-4-6-16/h2-13H,1H3,(H,20,22). The van der Waals surface area contributed by atoms with Crippen molar-refractivity contribution in [3.63, 3.8) is 0 Å². The molecule has 0 atom stereocenters. The van der Waals surface area contributed by atoms with Crippen LogP contribution in [-0.2, 0) is 7.05 Å². The summed E-state index contributed by atoms with van der Waals surface area (Å²) >= 11 is 0. The van der Waals surface area contributed by atoms with Gasteiger partial charge in [-0.25, -0.2) is 0 Å². The van der Waals surface area contributed by atoms with Gasteiger partial charge in [-0.1, -0.05) is 30.3 Å². The van der Waals surface area contributed by atoms with Gasteiger partial charge in [0.1, 0.15) is 0 Å². The van der Waals surface area contributed by atoms with Crippen molar-refractivity contribution in [2.45, 2.75) is 0 Å². The van der Waals surface area contributed by atoms with Gasteiger partial charge in [0.15, 0.2) is 0 Å². The molecule has 4 rings (SSSR count). The summed E-state index contributed by atoms with van der Waals surface area (Å²) < 4.78 is 1.81. The molecule has 112 valence electrons. The lowest BCUT2D eigenvalue weighted by Gasteiger charge is -2.10. The van der Waals surface area contributed by atoms with Gasteiger partial charge in [-0.05, 0) is 29.8 Å². The minimum Gasteiger partial charge on any atom is -0.355 e. The zero-order chi connectivity index (χ0) is 15.6. The minimum absolute atomic E-state index is 0.965. The molecule has 0 fully saturated rings. The van der Waals surface area contributed by atoms with Crippen molar-refractivity contribution in [1.82, 2.24) is 14.8 Å². The molecule has 0 saturated carbocycles. The van der Waals surface area contributed by atoms with Gasteiger partial charge in [0.05, 0.1) is 11.7 Å². The number of pyridine rings is 1. The lowest BCUT2D eigenvalue weighted by Crippen LogP contribution is -1.92. The van der Waals surface area contributed by atoms with Gasteiger partial charge in [0.2, 0.25) is 0 Å². The van der Waals surface area contributed by atoms with Crippen LogP contribution in [0.5, 0.6) is 0 Å². The maximum Gasteiger partial charge on any atom is 0.0729 e. The quantitative estimate of drug-likeness (QED) is 0.610. The Morgan fingerprint density at radius 2 is 1.83 bits per heavy atom. The Hall–Kier alpha value is -3.14. The van der Waals surface area contributed by atoms with Gasteiger partial charge < -0.3 is 5.32 Å². The van der Waals surface area contributed by atoms with Gasteiger partial charge in [-0.3, -0.25) is 9.67 Å². The number of aromatic nitrogens is 3. The number of aryl methyl sites for hydroxylation is 1. The minimum atomic E-state index is 0.965. The molecule has 0 bridgehead atoms. The summed E-state index contributed by atoms with van der Waals surface area (Å²) in [7, 11) is 1.92. The predicted octanol–water partition coefficient (Wildman–Crippen LogP) is 4.38. The van der Waals surface area contributed by atoms with E-state index in [-0.39, 0.29) is 0 Å². The van der Waals surface area contributed by atoms with E-state index in [0.29, 0.717) is 0 Å². The van der Waals surface area contributed by atoms with Crippen LogP contribution < -0.4 is 5.32 Å². The third-order valence-electron chi connectivity index (χ3n) is 3.83. The Kier molecular flexibility index (Phi) is 3.27. The molecule has 0 amide bonds. The fraction of sp³-hybridized carbons (Fsp3) is 0.0526. The number of hydrogen-bond donors (Lipinski definition) is 1. The van der Waals surface area contributed by atoms with E-state index in [1.807, 2.05) is 49.9 Å². The predicted molar refractivity (Wildman–Crippen MR) is 93.7 cm³/mol. The molecule has 23 heavy (non-hydrogen) atoms. The Labute approximate surface area is 134 Å². The SMILES string of the molecule is Cn1cc(-c2ccc3c(Nc4ccccc4)ccnc3c2)cn1. The average molecular weight is 300 g/mol. The topological polar surface area (TPSA) is 42.7 Å². The van der Waals surface area contributed by atoms with Gasteiger partial charge in [0, 0.05) is 41.8 Å². The monoisotopic (exact) mass is 300 g/mol. The van der Waals surface area contributed by atoms with Crippen molar-refractivity contribution >= 4 is 22.3 Å². The van der Waals surface area contributed by atoms with E-state index in [1.54, 1.807) is 4.68 Å². The first-order valence-electron chi connectivity index (χ1n) is 7.49. The molecule has 0 saturated heterocycles. The largest absolute Gasteiger partial charge is 0.355 e. The first kappa shape index (κ1) is 13.5. The Morgan fingerprint density at radius 3 is 2.61 bits per heavy atom. The smallest absolute Gasteiger partial charge is 0.0729 e. The van der Waals surface area contributed by atoms with E-state index in [1.165, 1.54) is 0 Å². The molecule has 0 aliphatic carbocycles. The summed E-state index contributed by atoms with van der Waals surface area (Å²) in [5, 5.41) is 8.79. The van der Waals surface area contributed by atoms with Gasteiger partial charge in [0.25, 0.3) is 0 Å². The molecular formula is C19H16N4. The number of hydrogen-bond acceptors (Lipinski definition) is 3. The van der Waals surface area contributed by atoms with Crippen molar-refractivity contribution in [3.05, 3.63) is 73.2 Å². The maximum absolute atomic E-state index is 4.51. The van der Waals surface area contributed by atoms with Gasteiger partial charge in [-0.2, -0.15) is 5.10 Å². The summed E-state index contributed by atoms with van der Waals surface area (Å²) in [6, 6.07) is 18.5. The van der Waals surface area contributed by atoms with Crippen molar-refractivity contribution in [2.24, 2.45) is 7.05 Å². The fourth-order valence-corrected chi connectivity index (χ4v) is 2.68. The molecule has 1 N–H and O–H groups in total. The molecule has 0 radical (unpaired) electrons. The number of rotatable bonds is 3. The van der Waals surface area contributed by atoms with Crippen LogP contribution in [0.4, 0.5) is 11.4 Å². The van der Waals surface area contributed by atoms with Crippen LogP contribution in [0.3, 0.4) is 0 Å². The third-order valence-corrected chi connectivity index (χ3v) is 3.83. The summed E-state index contributed by atoms with van der Waals surface area (Å²) in [5.74, 6) is 0. The molecule has 0 unspecified atom stereocenters. The van der Waals surface area contributed by atoms with Crippen molar-refractivity contribution in [1.29, 1.82) is 0 Å². The molecule has 2 aromatic carbocycles. The maximum atomic E-state index is 4.51. The highest BCUT2D eigenvalue weighted by molar-refractivity contribution is 5.95. The number of anilines is 2. The Balaban J connectivity index is 1.76. The zero-order valence-corrected chi connectivity index (χ0v) is 12.8. The number of nitrogens with one attached hydrogen (secondary N) is 1. The molecule has 4 aromatic rings. The van der Waals surface area contributed by atoms with E-state index in [9.17, 15) is 0 Å². The molecule has 0 aliphatic heterocycles. The average Bonchev–Trinajstić information content (AvgIpc) is 3.02. The number of fused-ring (bicyclic) bond motifs is 1. The first-order valence-corrected chi connectivity index (χ1v) is 7.49. The van der Waals surface area contributed by atoms with Crippen LogP contribution in [0.2, 0.25) is 0 Å². The van der Waals surface area contributed by atoms with Crippen LogP contribution in [0.15, 0.2) is 73.2 Å². The highest BCUT2D eigenvalue weighted by atomic mass is 15.2. The molecule has 2 heterocycles. The zero-order valence-electron chi connectivity index (χ0n) is 12.8. The highest BCUT2D eigenvalue weighted by Crippen LogP contribution is 2.28. The van der Waals surface area contributed by atoms with E-state index >= 15 is 0 Å². The number of para-hydroxylation sites is 1. The lowest BCUT2D eigenvalue weighted by molar-refractivity contribution is 0.768. The third kappa shape index (κ3) is 2.66. The number of nitrogens with zero attached hydrogens (tertiary/aromatic N) is 3. The highest BCUT2D eigenvalue weighted by Gasteiger charge is 2.06. The lowest BCUT2D eigenvalue weighted by atomic mass is 10.1. The van der Waals surface area contributed by atoms with Crippen LogP contribution in [-0.4, -0.2) is 14.8 Å². The van der Waals surface area contributed by atoms with Crippen LogP contribution in [0.25, 0.3) is 22.0 Å². The van der Waals surface area contributed by atoms with Gasteiger partial charge in [-0.15, -0.1) is 0 Å². The molecule has 4 nitrogen and oxygen atoms in total. The van der Waals surface area contributed by atoms with Crippen molar-refractivity contribution in [3.8, 4) is 11.1 Å². The normalized spacial score (nSPS) is 10.8. The summed E-state index contributed by atoms with van der Waals surface area (Å²) in [6.45, 7) is 0. The van der Waals surface area contributed by atoms with E-state index in [4.69, 9.17) is 0 Å².